The van der Waals surface area contributed by atoms with Crippen molar-refractivity contribution in [3.63, 3.8) is 0 Å². The van der Waals surface area contributed by atoms with Crippen LogP contribution in [0.25, 0.3) is 5.69 Å². The molecule has 0 aliphatic heterocycles. The molecule has 0 saturated carbocycles. The number of aromatic nitrogens is 2. The quantitative estimate of drug-likeness (QED) is 0.551. The maximum atomic E-state index is 11.1. The number of nitrogens with one attached hydrogen (secondary N) is 1. The van der Waals surface area contributed by atoms with Gasteiger partial charge in [0.1, 0.15) is 5.69 Å². The van der Waals surface area contributed by atoms with E-state index >= 15 is 0 Å². The zero-order chi connectivity index (χ0) is 17.6. The zero-order valence-electron chi connectivity index (χ0n) is 13.3. The molecule has 124 valence electrons. The predicted octanol–water partition coefficient (Wildman–Crippen LogP) is 3.31. The number of para-hydroxylation sites is 1. The Hall–Kier alpha value is -3.66. The topological polar surface area (TPSA) is 96.8 Å². The third-order valence-electron chi connectivity index (χ3n) is 3.71. The van der Waals surface area contributed by atoms with Crippen molar-refractivity contribution < 1.29 is 4.92 Å². The Balaban J connectivity index is 1.67. The van der Waals surface area contributed by atoms with Gasteiger partial charge in [0.05, 0.1) is 28.4 Å². The second-order valence-corrected chi connectivity index (χ2v) is 5.41. The monoisotopic (exact) mass is 333 g/mol. The molecule has 1 aromatic heterocycles. The van der Waals surface area contributed by atoms with Crippen LogP contribution < -0.4 is 5.32 Å². The Bertz CT molecular complexity index is 928. The van der Waals surface area contributed by atoms with Crippen LogP contribution in [-0.4, -0.2) is 21.2 Å². The minimum absolute atomic E-state index is 0.0426. The normalized spacial score (nSPS) is 10.2. The number of nitrogens with zero attached hydrogens (tertiary/aromatic N) is 4. The van der Waals surface area contributed by atoms with Crippen molar-refractivity contribution in [1.82, 2.24) is 9.78 Å². The standard InChI is InChI=1S/C18H15N5O2/c19-11-14-6-7-18(23(24)25)17(10-14)20-9-8-15-12-21-22(13-15)16-4-2-1-3-5-16/h1-7,10,12-13,20H,8-9H2. The lowest BCUT2D eigenvalue weighted by molar-refractivity contribution is -0.384. The van der Waals surface area contributed by atoms with Crippen molar-refractivity contribution >= 4 is 11.4 Å². The minimum atomic E-state index is -0.461. The van der Waals surface area contributed by atoms with Crippen LogP contribution in [0.4, 0.5) is 11.4 Å². The highest BCUT2D eigenvalue weighted by atomic mass is 16.6. The molecule has 0 fully saturated rings. The van der Waals surface area contributed by atoms with Crippen LogP contribution in [0.15, 0.2) is 60.9 Å². The number of anilines is 1. The highest BCUT2D eigenvalue weighted by molar-refractivity contribution is 5.64. The van der Waals surface area contributed by atoms with Crippen molar-refractivity contribution in [2.75, 3.05) is 11.9 Å². The molecular weight excluding hydrogens is 318 g/mol. The molecule has 3 aromatic rings. The van der Waals surface area contributed by atoms with Crippen molar-refractivity contribution in [2.24, 2.45) is 0 Å². The highest BCUT2D eigenvalue weighted by Gasteiger charge is 2.14. The van der Waals surface area contributed by atoms with Gasteiger partial charge in [0.2, 0.25) is 0 Å². The second kappa shape index (κ2) is 7.27. The molecule has 7 heteroatoms. The largest absolute Gasteiger partial charge is 0.379 e. The van der Waals surface area contributed by atoms with Crippen LogP contribution in [0, 0.1) is 21.4 Å². The number of nitro benzene ring substituents is 1. The van der Waals surface area contributed by atoms with Gasteiger partial charge in [-0.15, -0.1) is 0 Å². The lowest BCUT2D eigenvalue weighted by atomic mass is 10.2. The van der Waals surface area contributed by atoms with Gasteiger partial charge in [-0.3, -0.25) is 10.1 Å². The van der Waals surface area contributed by atoms with Crippen molar-refractivity contribution in [3.05, 3.63) is 82.2 Å². The minimum Gasteiger partial charge on any atom is -0.379 e. The lowest BCUT2D eigenvalue weighted by Gasteiger charge is -2.06. The summed E-state index contributed by atoms with van der Waals surface area (Å²) in [6.07, 6.45) is 4.35. The van der Waals surface area contributed by atoms with E-state index in [9.17, 15) is 10.1 Å². The number of nitro groups is 1. The van der Waals surface area contributed by atoms with Gasteiger partial charge in [-0.25, -0.2) is 4.68 Å². The Kier molecular flexibility index (Phi) is 4.72. The van der Waals surface area contributed by atoms with Gasteiger partial charge in [0.25, 0.3) is 5.69 Å². The molecule has 0 atom stereocenters. The van der Waals surface area contributed by atoms with Gasteiger partial charge in [-0.1, -0.05) is 18.2 Å². The van der Waals surface area contributed by atoms with E-state index < -0.39 is 4.92 Å². The number of hydrogen-bond donors (Lipinski definition) is 1. The average molecular weight is 333 g/mol. The molecular formula is C18H15N5O2. The van der Waals surface area contributed by atoms with Gasteiger partial charge in [-0.05, 0) is 36.2 Å². The molecule has 0 bridgehead atoms. The maximum Gasteiger partial charge on any atom is 0.292 e. The molecule has 25 heavy (non-hydrogen) atoms. The summed E-state index contributed by atoms with van der Waals surface area (Å²) in [4.78, 5) is 10.6. The first kappa shape index (κ1) is 16.2. The van der Waals surface area contributed by atoms with E-state index in [0.717, 1.165) is 11.3 Å². The molecule has 2 aromatic carbocycles. The molecule has 0 radical (unpaired) electrons. The van der Waals surface area contributed by atoms with Crippen LogP contribution in [0.3, 0.4) is 0 Å². The first-order valence-electron chi connectivity index (χ1n) is 7.69. The third kappa shape index (κ3) is 3.82. The van der Waals surface area contributed by atoms with Crippen LogP contribution in [-0.2, 0) is 6.42 Å². The summed E-state index contributed by atoms with van der Waals surface area (Å²) in [7, 11) is 0. The third-order valence-corrected chi connectivity index (χ3v) is 3.71. The van der Waals surface area contributed by atoms with Gasteiger partial charge in [0.15, 0.2) is 0 Å². The maximum absolute atomic E-state index is 11.1. The summed E-state index contributed by atoms with van der Waals surface area (Å²) >= 11 is 0. The van der Waals surface area contributed by atoms with Gasteiger partial charge < -0.3 is 5.32 Å². The SMILES string of the molecule is N#Cc1ccc([N+](=O)[O-])c(NCCc2cnn(-c3ccccc3)c2)c1. The van der Waals surface area contributed by atoms with E-state index in [4.69, 9.17) is 5.26 Å². The first-order valence-corrected chi connectivity index (χ1v) is 7.69. The summed E-state index contributed by atoms with van der Waals surface area (Å²) in [6.45, 7) is 0.496. The molecule has 0 aliphatic rings. The fraction of sp³-hybridized carbons (Fsp3) is 0.111. The first-order chi connectivity index (χ1) is 12.2. The Morgan fingerprint density at radius 2 is 2.04 bits per heavy atom. The van der Waals surface area contributed by atoms with Crippen molar-refractivity contribution in [3.8, 4) is 11.8 Å². The zero-order valence-corrected chi connectivity index (χ0v) is 13.3. The number of rotatable bonds is 6. The molecule has 0 spiro atoms. The van der Waals surface area contributed by atoms with E-state index in [0.29, 0.717) is 24.2 Å². The summed E-state index contributed by atoms with van der Waals surface area (Å²) in [5.74, 6) is 0. The lowest BCUT2D eigenvalue weighted by Crippen LogP contribution is -2.07. The number of benzene rings is 2. The molecule has 1 N–H and O–H groups in total. The number of hydrogen-bond acceptors (Lipinski definition) is 5. The second-order valence-electron chi connectivity index (χ2n) is 5.41. The van der Waals surface area contributed by atoms with Gasteiger partial charge in [0, 0.05) is 18.8 Å². The fourth-order valence-electron chi connectivity index (χ4n) is 2.46. The highest BCUT2D eigenvalue weighted by Crippen LogP contribution is 2.25. The van der Waals surface area contributed by atoms with Gasteiger partial charge >= 0.3 is 0 Å². The van der Waals surface area contributed by atoms with E-state index in [1.807, 2.05) is 42.6 Å². The van der Waals surface area contributed by atoms with Crippen LogP contribution in [0.1, 0.15) is 11.1 Å². The van der Waals surface area contributed by atoms with E-state index in [1.165, 1.54) is 18.2 Å². The summed E-state index contributed by atoms with van der Waals surface area (Å²) in [5.41, 5.74) is 2.66. The number of nitriles is 1. The Morgan fingerprint density at radius 3 is 2.76 bits per heavy atom. The summed E-state index contributed by atoms with van der Waals surface area (Å²) in [6, 6.07) is 16.0. The summed E-state index contributed by atoms with van der Waals surface area (Å²) in [5, 5.41) is 27.4. The Labute approximate surface area is 144 Å². The van der Waals surface area contributed by atoms with E-state index in [1.54, 1.807) is 10.9 Å². The van der Waals surface area contributed by atoms with Crippen molar-refractivity contribution in [1.29, 1.82) is 5.26 Å². The predicted molar refractivity (Wildman–Crippen MR) is 93.6 cm³/mol. The van der Waals surface area contributed by atoms with Crippen LogP contribution in [0.2, 0.25) is 0 Å². The fourth-order valence-corrected chi connectivity index (χ4v) is 2.46. The van der Waals surface area contributed by atoms with E-state index in [2.05, 4.69) is 10.4 Å². The van der Waals surface area contributed by atoms with Crippen LogP contribution >= 0.6 is 0 Å². The van der Waals surface area contributed by atoms with Crippen molar-refractivity contribution in [2.45, 2.75) is 6.42 Å². The summed E-state index contributed by atoms with van der Waals surface area (Å²) < 4.78 is 1.79. The van der Waals surface area contributed by atoms with Gasteiger partial charge in [-0.2, -0.15) is 10.4 Å². The Morgan fingerprint density at radius 1 is 1.24 bits per heavy atom. The molecule has 1 heterocycles. The molecule has 7 nitrogen and oxygen atoms in total. The molecule has 0 saturated heterocycles. The molecule has 0 aliphatic carbocycles. The molecule has 0 unspecified atom stereocenters. The molecule has 3 rings (SSSR count). The van der Waals surface area contributed by atoms with E-state index in [-0.39, 0.29) is 5.69 Å². The molecule has 0 amide bonds. The average Bonchev–Trinajstić information content (AvgIpc) is 3.11. The van der Waals surface area contributed by atoms with Crippen LogP contribution in [0.5, 0.6) is 0 Å². The smallest absolute Gasteiger partial charge is 0.292 e.